The van der Waals surface area contributed by atoms with Gasteiger partial charge in [0.25, 0.3) is 5.91 Å². The first-order chi connectivity index (χ1) is 14.4. The van der Waals surface area contributed by atoms with Crippen molar-refractivity contribution in [2.45, 2.75) is 24.5 Å². The van der Waals surface area contributed by atoms with Crippen molar-refractivity contribution in [1.29, 1.82) is 0 Å². The van der Waals surface area contributed by atoms with Crippen molar-refractivity contribution in [1.82, 2.24) is 9.80 Å². The van der Waals surface area contributed by atoms with Crippen molar-refractivity contribution in [3.63, 3.8) is 0 Å². The summed E-state index contributed by atoms with van der Waals surface area (Å²) < 4.78 is 10.5. The first-order valence-electron chi connectivity index (χ1n) is 9.51. The van der Waals surface area contributed by atoms with Gasteiger partial charge in [-0.15, -0.1) is 0 Å². The number of ketones is 1. The monoisotopic (exact) mass is 410 g/mol. The third-order valence-electron chi connectivity index (χ3n) is 5.84. The van der Waals surface area contributed by atoms with Gasteiger partial charge in [0, 0.05) is 13.0 Å². The average molecular weight is 410 g/mol. The molecule has 2 fully saturated rings. The molecular weight excluding hydrogens is 388 g/mol. The Balaban J connectivity index is 1.66. The van der Waals surface area contributed by atoms with Crippen LogP contribution in [0.3, 0.4) is 0 Å². The average Bonchev–Trinajstić information content (AvgIpc) is 3.02. The largest absolute Gasteiger partial charge is 0.493 e. The molecule has 2 aliphatic heterocycles. The number of carbonyl (C=O) groups is 3. The summed E-state index contributed by atoms with van der Waals surface area (Å²) in [5, 5.41) is 9.69. The lowest BCUT2D eigenvalue weighted by atomic mass is 9.74. The predicted molar refractivity (Wildman–Crippen MR) is 106 cm³/mol. The Hall–Kier alpha value is -3.55. The normalized spacial score (nSPS) is 22.5. The molecule has 2 amide bonds. The molecule has 2 atom stereocenters. The maximum Gasteiger partial charge on any atom is 0.408 e. The van der Waals surface area contributed by atoms with Crippen LogP contribution >= 0.6 is 0 Å². The highest BCUT2D eigenvalue weighted by Crippen LogP contribution is 2.45. The molecule has 8 heteroatoms. The van der Waals surface area contributed by atoms with Gasteiger partial charge in [0.2, 0.25) is 0 Å². The van der Waals surface area contributed by atoms with Crippen LogP contribution in [0.25, 0.3) is 0 Å². The number of methoxy groups -OCH3 is 2. The van der Waals surface area contributed by atoms with E-state index in [1.165, 1.54) is 19.1 Å². The number of benzene rings is 2. The minimum atomic E-state index is -1.39. The second kappa shape index (κ2) is 7.37. The number of β-lactam (4-membered cyclic amide) rings is 1. The summed E-state index contributed by atoms with van der Waals surface area (Å²) in [6.45, 7) is -0.111. The van der Waals surface area contributed by atoms with Gasteiger partial charge >= 0.3 is 6.09 Å². The molecule has 0 spiro atoms. The highest BCUT2D eigenvalue weighted by molar-refractivity contribution is 6.12. The van der Waals surface area contributed by atoms with E-state index in [0.29, 0.717) is 11.5 Å². The number of Topliss-reactive ketones (excluding diaryl/α,β-unsaturated/α-hetero) is 1. The number of carboxylic acid groups (broad SMARTS) is 1. The fraction of sp³-hybridized carbons (Fsp3) is 0.318. The van der Waals surface area contributed by atoms with Crippen LogP contribution in [0.1, 0.15) is 11.1 Å². The Morgan fingerprint density at radius 2 is 1.77 bits per heavy atom. The molecule has 1 N–H and O–H groups in total. The van der Waals surface area contributed by atoms with E-state index in [1.807, 2.05) is 30.3 Å². The molecule has 0 aromatic heterocycles. The Morgan fingerprint density at radius 3 is 2.40 bits per heavy atom. The molecule has 30 heavy (non-hydrogen) atoms. The smallest absolute Gasteiger partial charge is 0.408 e. The third-order valence-corrected chi connectivity index (χ3v) is 5.84. The van der Waals surface area contributed by atoms with E-state index in [-0.39, 0.29) is 31.2 Å². The van der Waals surface area contributed by atoms with E-state index < -0.39 is 17.7 Å². The molecule has 2 aromatic carbocycles. The molecule has 0 saturated carbocycles. The lowest BCUT2D eigenvalue weighted by Gasteiger charge is -2.53. The Labute approximate surface area is 173 Å². The van der Waals surface area contributed by atoms with E-state index in [1.54, 1.807) is 18.2 Å². The first-order valence-corrected chi connectivity index (χ1v) is 9.51. The highest BCUT2D eigenvalue weighted by atomic mass is 16.5. The van der Waals surface area contributed by atoms with Crippen LogP contribution in [0, 0.1) is 0 Å². The van der Waals surface area contributed by atoms with Crippen LogP contribution < -0.4 is 9.47 Å². The molecule has 2 heterocycles. The summed E-state index contributed by atoms with van der Waals surface area (Å²) in [6, 6.07) is 13.6. The van der Waals surface area contributed by atoms with Gasteiger partial charge in [0.1, 0.15) is 6.04 Å². The van der Waals surface area contributed by atoms with Crippen LogP contribution in [0.2, 0.25) is 0 Å². The number of hydrogen-bond donors (Lipinski definition) is 1. The molecule has 8 nitrogen and oxygen atoms in total. The zero-order valence-corrected chi connectivity index (χ0v) is 16.7. The summed E-state index contributed by atoms with van der Waals surface area (Å²) in [6.07, 6.45) is -1.10. The summed E-state index contributed by atoms with van der Waals surface area (Å²) in [7, 11) is 3.05. The van der Waals surface area contributed by atoms with Crippen LogP contribution in [0.5, 0.6) is 11.5 Å². The van der Waals surface area contributed by atoms with Crippen LogP contribution in [-0.2, 0) is 22.6 Å². The van der Waals surface area contributed by atoms with E-state index in [0.717, 1.165) is 16.0 Å². The van der Waals surface area contributed by atoms with Crippen molar-refractivity contribution < 1.29 is 29.0 Å². The van der Waals surface area contributed by atoms with Gasteiger partial charge in [-0.1, -0.05) is 36.4 Å². The number of ether oxygens (including phenoxy) is 2. The number of nitrogens with zero attached hydrogens (tertiary/aromatic N) is 2. The Kier molecular flexibility index (Phi) is 4.85. The van der Waals surface area contributed by atoms with E-state index in [2.05, 4.69) is 0 Å². The van der Waals surface area contributed by atoms with Crippen LogP contribution in [-0.4, -0.2) is 65.0 Å². The topological polar surface area (TPSA) is 96.4 Å². The number of hydrogen-bond acceptors (Lipinski definition) is 5. The number of likely N-dealkylation sites (tertiary alicyclic amines) is 2. The number of carbonyl (C=O) groups excluding carboxylic acids is 2. The molecule has 2 aliphatic rings. The molecule has 0 radical (unpaired) electrons. The molecule has 4 rings (SSSR count). The molecule has 0 bridgehead atoms. The second-order valence-electron chi connectivity index (χ2n) is 7.45. The fourth-order valence-corrected chi connectivity index (χ4v) is 4.51. The van der Waals surface area contributed by atoms with Gasteiger partial charge in [-0.2, -0.15) is 0 Å². The van der Waals surface area contributed by atoms with E-state index in [9.17, 15) is 19.5 Å². The first kappa shape index (κ1) is 19.8. The van der Waals surface area contributed by atoms with Crippen molar-refractivity contribution in [2.75, 3.05) is 20.8 Å². The standard InChI is InChI=1S/C22H22N2O6/c1-29-17-9-8-15(10-18(17)30-2)12-23-19-16(25)13-24(21(27)28)22(19,20(23)26)11-14-6-4-3-5-7-14/h3-10,19H,11-13H2,1-2H3,(H,27,28)/t19-,22+/m1/s1. The number of amides is 2. The summed E-state index contributed by atoms with van der Waals surface area (Å²) >= 11 is 0. The molecule has 0 aliphatic carbocycles. The predicted octanol–water partition coefficient (Wildman–Crippen LogP) is 1.96. The molecule has 2 aromatic rings. The lowest BCUT2D eigenvalue weighted by Crippen LogP contribution is -2.78. The van der Waals surface area contributed by atoms with E-state index in [4.69, 9.17) is 9.47 Å². The molecular formula is C22H22N2O6. The minimum Gasteiger partial charge on any atom is -0.493 e. The Morgan fingerprint density at radius 1 is 1.07 bits per heavy atom. The zero-order valence-electron chi connectivity index (χ0n) is 16.7. The van der Waals surface area contributed by atoms with Gasteiger partial charge in [0.15, 0.2) is 22.8 Å². The third kappa shape index (κ3) is 2.87. The maximum absolute atomic E-state index is 13.3. The van der Waals surface area contributed by atoms with Crippen molar-refractivity contribution in [2.24, 2.45) is 0 Å². The maximum atomic E-state index is 13.3. The van der Waals surface area contributed by atoms with Crippen LogP contribution in [0.4, 0.5) is 4.79 Å². The summed E-state index contributed by atoms with van der Waals surface area (Å²) in [5.74, 6) is 0.444. The zero-order chi connectivity index (χ0) is 21.5. The quantitative estimate of drug-likeness (QED) is 0.732. The van der Waals surface area contributed by atoms with Gasteiger partial charge in [0.05, 0.1) is 20.8 Å². The van der Waals surface area contributed by atoms with Gasteiger partial charge < -0.3 is 19.5 Å². The molecule has 156 valence electrons. The van der Waals surface area contributed by atoms with E-state index >= 15 is 0 Å². The van der Waals surface area contributed by atoms with Crippen molar-refractivity contribution in [3.8, 4) is 11.5 Å². The molecule has 2 saturated heterocycles. The number of fused-ring (bicyclic) bond motifs is 1. The Bertz CT molecular complexity index is 1010. The van der Waals surface area contributed by atoms with Crippen LogP contribution in [0.15, 0.2) is 48.5 Å². The second-order valence-corrected chi connectivity index (χ2v) is 7.45. The SMILES string of the molecule is COc1ccc(CN2C(=O)[C@]3(Cc4ccccc4)[C@H]2C(=O)CN3C(=O)O)cc1OC. The van der Waals surface area contributed by atoms with Crippen molar-refractivity contribution in [3.05, 3.63) is 59.7 Å². The highest BCUT2D eigenvalue weighted by Gasteiger charge is 2.71. The fourth-order valence-electron chi connectivity index (χ4n) is 4.51. The summed E-state index contributed by atoms with van der Waals surface area (Å²) in [4.78, 5) is 40.4. The lowest BCUT2D eigenvalue weighted by molar-refractivity contribution is -0.169. The van der Waals surface area contributed by atoms with Gasteiger partial charge in [-0.25, -0.2) is 4.79 Å². The van der Waals surface area contributed by atoms with Gasteiger partial charge in [-0.3, -0.25) is 14.5 Å². The number of rotatable bonds is 6. The molecule has 0 unspecified atom stereocenters. The van der Waals surface area contributed by atoms with Crippen molar-refractivity contribution >= 4 is 17.8 Å². The minimum absolute atomic E-state index is 0.164. The summed E-state index contributed by atoms with van der Waals surface area (Å²) in [5.41, 5.74) is 0.180. The van der Waals surface area contributed by atoms with Gasteiger partial charge in [-0.05, 0) is 23.3 Å².